The molecule has 0 aromatic heterocycles. The molecule has 74 valence electrons. The van der Waals surface area contributed by atoms with Crippen LogP contribution in [0.1, 0.15) is 13.8 Å². The van der Waals surface area contributed by atoms with Gasteiger partial charge in [0.05, 0.1) is 12.6 Å². The number of rotatable bonds is 1. The highest BCUT2D eigenvalue weighted by atomic mass is 16.7. The van der Waals surface area contributed by atoms with Gasteiger partial charge in [-0.2, -0.15) is 5.48 Å². The van der Waals surface area contributed by atoms with Crippen molar-refractivity contribution in [3.63, 3.8) is 0 Å². The molecule has 0 bridgehead atoms. The Morgan fingerprint density at radius 1 is 1.54 bits per heavy atom. The summed E-state index contributed by atoms with van der Waals surface area (Å²) in [7, 11) is 0. The van der Waals surface area contributed by atoms with E-state index in [0.29, 0.717) is 12.0 Å². The Kier molecular flexibility index (Phi) is 2.26. The minimum Gasteiger partial charge on any atom is -0.340 e. The van der Waals surface area contributed by atoms with Crippen molar-refractivity contribution < 1.29 is 9.63 Å². The Morgan fingerprint density at radius 2 is 2.31 bits per heavy atom. The zero-order valence-electron chi connectivity index (χ0n) is 8.12. The third kappa shape index (κ3) is 1.56. The normalized spacial score (nSPS) is 32.7. The van der Waals surface area contributed by atoms with E-state index >= 15 is 0 Å². The smallest absolute Gasteiger partial charge is 0.225 e. The standard InChI is InChI=1S/C9H16N2O2/c1-6(2)9(12)11-3-7-5-13-10-8(7)4-11/h6-8,10H,3-5H2,1-2H3/t7-,8+/m1/s1. The predicted octanol–water partition coefficient (Wildman–Crippen LogP) is 0.00420. The van der Waals surface area contributed by atoms with E-state index < -0.39 is 0 Å². The number of amides is 1. The average molecular weight is 184 g/mol. The highest BCUT2D eigenvalue weighted by Crippen LogP contribution is 2.22. The summed E-state index contributed by atoms with van der Waals surface area (Å²) in [4.78, 5) is 18.7. The number of carbonyl (C=O) groups is 1. The molecule has 2 saturated heterocycles. The van der Waals surface area contributed by atoms with Crippen molar-refractivity contribution >= 4 is 5.91 Å². The molecule has 2 aliphatic heterocycles. The number of hydrogen-bond acceptors (Lipinski definition) is 3. The number of likely N-dealkylation sites (tertiary alicyclic amines) is 1. The van der Waals surface area contributed by atoms with Gasteiger partial charge in [0.2, 0.25) is 5.91 Å². The van der Waals surface area contributed by atoms with Gasteiger partial charge in [0.1, 0.15) is 0 Å². The van der Waals surface area contributed by atoms with Gasteiger partial charge in [-0.3, -0.25) is 4.79 Å². The first-order valence-electron chi connectivity index (χ1n) is 4.84. The molecule has 0 saturated carbocycles. The van der Waals surface area contributed by atoms with E-state index in [-0.39, 0.29) is 11.8 Å². The van der Waals surface area contributed by atoms with Gasteiger partial charge in [-0.05, 0) is 0 Å². The van der Waals surface area contributed by atoms with E-state index in [0.717, 1.165) is 19.7 Å². The quantitative estimate of drug-likeness (QED) is 0.624. The monoisotopic (exact) mass is 184 g/mol. The molecule has 0 radical (unpaired) electrons. The Labute approximate surface area is 78.2 Å². The van der Waals surface area contributed by atoms with Gasteiger partial charge >= 0.3 is 0 Å². The molecule has 4 heteroatoms. The van der Waals surface area contributed by atoms with Gasteiger partial charge in [-0.25, -0.2) is 0 Å². The second-order valence-electron chi connectivity index (χ2n) is 4.19. The lowest BCUT2D eigenvalue weighted by molar-refractivity contribution is -0.134. The molecule has 1 N–H and O–H groups in total. The lowest BCUT2D eigenvalue weighted by Gasteiger charge is -2.19. The van der Waals surface area contributed by atoms with E-state index in [1.54, 1.807) is 0 Å². The molecule has 1 amide bonds. The van der Waals surface area contributed by atoms with Crippen molar-refractivity contribution in [1.82, 2.24) is 10.4 Å². The van der Waals surface area contributed by atoms with Crippen molar-refractivity contribution in [3.8, 4) is 0 Å². The van der Waals surface area contributed by atoms with Crippen molar-refractivity contribution in [2.45, 2.75) is 19.9 Å². The Hall–Kier alpha value is -0.610. The zero-order chi connectivity index (χ0) is 9.42. The number of fused-ring (bicyclic) bond motifs is 1. The van der Waals surface area contributed by atoms with Crippen LogP contribution in [0, 0.1) is 11.8 Å². The second kappa shape index (κ2) is 3.27. The fourth-order valence-electron chi connectivity index (χ4n) is 1.98. The van der Waals surface area contributed by atoms with Crippen LogP contribution in [0.2, 0.25) is 0 Å². The van der Waals surface area contributed by atoms with Crippen LogP contribution in [-0.2, 0) is 9.63 Å². The van der Waals surface area contributed by atoms with Crippen LogP contribution in [0.3, 0.4) is 0 Å². The first-order valence-corrected chi connectivity index (χ1v) is 4.84. The summed E-state index contributed by atoms with van der Waals surface area (Å²) in [5.74, 6) is 0.874. The van der Waals surface area contributed by atoms with Crippen molar-refractivity contribution in [2.75, 3.05) is 19.7 Å². The largest absolute Gasteiger partial charge is 0.340 e. The highest BCUT2D eigenvalue weighted by Gasteiger charge is 2.39. The average Bonchev–Trinajstić information content (AvgIpc) is 2.59. The number of carbonyl (C=O) groups excluding carboxylic acids is 1. The molecular formula is C9H16N2O2. The maximum Gasteiger partial charge on any atom is 0.225 e. The fraction of sp³-hybridized carbons (Fsp3) is 0.889. The summed E-state index contributed by atoms with van der Waals surface area (Å²) in [5, 5.41) is 0. The van der Waals surface area contributed by atoms with Crippen LogP contribution in [0.4, 0.5) is 0 Å². The molecule has 2 atom stereocenters. The van der Waals surface area contributed by atoms with Gasteiger partial charge in [0.25, 0.3) is 0 Å². The summed E-state index contributed by atoms with van der Waals surface area (Å²) in [6, 6.07) is 0.364. The molecule has 2 aliphatic rings. The molecule has 0 aromatic carbocycles. The predicted molar refractivity (Wildman–Crippen MR) is 47.8 cm³/mol. The van der Waals surface area contributed by atoms with Gasteiger partial charge < -0.3 is 9.74 Å². The fourth-order valence-corrected chi connectivity index (χ4v) is 1.98. The third-order valence-corrected chi connectivity index (χ3v) is 2.78. The topological polar surface area (TPSA) is 41.6 Å². The van der Waals surface area contributed by atoms with Gasteiger partial charge in [-0.15, -0.1) is 0 Å². The summed E-state index contributed by atoms with van der Waals surface area (Å²) < 4.78 is 0. The molecular weight excluding hydrogens is 168 g/mol. The lowest BCUT2D eigenvalue weighted by atomic mass is 10.1. The van der Waals surface area contributed by atoms with Crippen LogP contribution in [0.15, 0.2) is 0 Å². The van der Waals surface area contributed by atoms with Gasteiger partial charge in [0, 0.05) is 24.9 Å². The van der Waals surface area contributed by atoms with E-state index in [9.17, 15) is 4.79 Å². The van der Waals surface area contributed by atoms with Crippen molar-refractivity contribution in [2.24, 2.45) is 11.8 Å². The SMILES string of the molecule is CC(C)C(=O)N1C[C@@H]2CON[C@H]2C1. The summed E-state index contributed by atoms with van der Waals surface area (Å²) >= 11 is 0. The molecule has 2 rings (SSSR count). The van der Waals surface area contributed by atoms with Crippen molar-refractivity contribution in [1.29, 1.82) is 0 Å². The van der Waals surface area contributed by atoms with Crippen LogP contribution in [0.25, 0.3) is 0 Å². The molecule has 13 heavy (non-hydrogen) atoms. The first-order chi connectivity index (χ1) is 6.18. The van der Waals surface area contributed by atoms with Crippen LogP contribution in [-0.4, -0.2) is 36.5 Å². The van der Waals surface area contributed by atoms with Gasteiger partial charge in [0.15, 0.2) is 0 Å². The summed E-state index contributed by atoms with van der Waals surface area (Å²) in [6.07, 6.45) is 0. The molecule has 2 fully saturated rings. The van der Waals surface area contributed by atoms with Crippen molar-refractivity contribution in [3.05, 3.63) is 0 Å². The number of nitrogens with zero attached hydrogens (tertiary/aromatic N) is 1. The molecule has 2 heterocycles. The van der Waals surface area contributed by atoms with E-state index in [4.69, 9.17) is 4.84 Å². The number of nitrogens with one attached hydrogen (secondary N) is 1. The maximum absolute atomic E-state index is 11.6. The molecule has 0 spiro atoms. The Morgan fingerprint density at radius 3 is 2.92 bits per heavy atom. The molecule has 4 nitrogen and oxygen atoms in total. The van der Waals surface area contributed by atoms with Gasteiger partial charge in [-0.1, -0.05) is 13.8 Å². The second-order valence-corrected chi connectivity index (χ2v) is 4.19. The summed E-state index contributed by atoms with van der Waals surface area (Å²) in [6.45, 7) is 6.30. The lowest BCUT2D eigenvalue weighted by Crippen LogP contribution is -2.35. The maximum atomic E-state index is 11.6. The van der Waals surface area contributed by atoms with Crippen LogP contribution in [0.5, 0.6) is 0 Å². The van der Waals surface area contributed by atoms with E-state index in [1.165, 1.54) is 0 Å². The minimum atomic E-state index is 0.111. The minimum absolute atomic E-state index is 0.111. The van der Waals surface area contributed by atoms with E-state index in [2.05, 4.69) is 5.48 Å². The Balaban J connectivity index is 1.95. The van der Waals surface area contributed by atoms with E-state index in [1.807, 2.05) is 18.7 Å². The summed E-state index contributed by atoms with van der Waals surface area (Å²) in [5.41, 5.74) is 2.95. The number of hydrogen-bond donors (Lipinski definition) is 1. The molecule has 0 aliphatic carbocycles. The first kappa shape index (κ1) is 8.97. The zero-order valence-corrected chi connectivity index (χ0v) is 8.12. The Bertz CT molecular complexity index is 206. The molecule has 0 unspecified atom stereocenters. The highest BCUT2D eigenvalue weighted by molar-refractivity contribution is 5.78. The number of hydroxylamine groups is 1. The van der Waals surface area contributed by atoms with Crippen LogP contribution < -0.4 is 5.48 Å². The molecule has 0 aromatic rings. The van der Waals surface area contributed by atoms with Crippen LogP contribution >= 0.6 is 0 Å². The third-order valence-electron chi connectivity index (χ3n) is 2.78.